The molecule has 0 aliphatic rings. The monoisotopic (exact) mass is 398 g/mol. The lowest BCUT2D eigenvalue weighted by atomic mass is 10.1. The fourth-order valence-corrected chi connectivity index (χ4v) is 3.25. The van der Waals surface area contributed by atoms with E-state index in [4.69, 9.17) is 4.74 Å². The molecular weight excluding hydrogens is 378 g/mol. The maximum atomic E-state index is 13.4. The summed E-state index contributed by atoms with van der Waals surface area (Å²) in [5, 5.41) is 2.61. The van der Waals surface area contributed by atoms with E-state index in [0.29, 0.717) is 12.2 Å². The fourth-order valence-electron chi connectivity index (χ4n) is 2.40. The molecule has 0 radical (unpaired) electrons. The van der Waals surface area contributed by atoms with Crippen LogP contribution in [0.1, 0.15) is 5.56 Å². The lowest BCUT2D eigenvalue weighted by molar-refractivity contribution is -0.119. The second-order valence-corrected chi connectivity index (χ2v) is 7.73. The number of ether oxygens (including phenoxy) is 1. The number of carbonyl (C=O) groups excluding carboxylic acids is 1. The van der Waals surface area contributed by atoms with Crippen LogP contribution in [0, 0.1) is 11.6 Å². The third kappa shape index (κ3) is 5.92. The van der Waals surface area contributed by atoms with Gasteiger partial charge in [-0.3, -0.25) is 9.10 Å². The van der Waals surface area contributed by atoms with Gasteiger partial charge in [0.1, 0.15) is 12.3 Å². The van der Waals surface area contributed by atoms with Gasteiger partial charge in [-0.15, -0.1) is 0 Å². The van der Waals surface area contributed by atoms with E-state index in [-0.39, 0.29) is 12.2 Å². The Hall–Kier alpha value is -2.68. The Morgan fingerprint density at radius 2 is 1.89 bits per heavy atom. The van der Waals surface area contributed by atoms with Crippen LogP contribution in [-0.4, -0.2) is 40.8 Å². The summed E-state index contributed by atoms with van der Waals surface area (Å²) >= 11 is 0. The van der Waals surface area contributed by atoms with E-state index in [0.717, 1.165) is 34.3 Å². The highest BCUT2D eigenvalue weighted by Crippen LogP contribution is 2.20. The predicted octanol–water partition coefficient (Wildman–Crippen LogP) is 2.10. The Morgan fingerprint density at radius 1 is 1.15 bits per heavy atom. The number of rotatable bonds is 8. The van der Waals surface area contributed by atoms with E-state index in [1.54, 1.807) is 13.2 Å². The normalized spacial score (nSPS) is 11.1. The molecule has 9 heteroatoms. The molecule has 1 N–H and O–H groups in total. The van der Waals surface area contributed by atoms with Crippen molar-refractivity contribution >= 4 is 21.6 Å². The highest BCUT2D eigenvalue weighted by atomic mass is 32.2. The van der Waals surface area contributed by atoms with Crippen LogP contribution >= 0.6 is 0 Å². The molecular formula is C18H20F2N2O4S. The molecule has 2 rings (SSSR count). The minimum atomic E-state index is -3.86. The Kier molecular flexibility index (Phi) is 6.73. The zero-order valence-electron chi connectivity index (χ0n) is 14.9. The number of anilines is 1. The van der Waals surface area contributed by atoms with Crippen LogP contribution in [0.4, 0.5) is 14.5 Å². The molecule has 0 atom stereocenters. The summed E-state index contributed by atoms with van der Waals surface area (Å²) in [4.78, 5) is 12.1. The van der Waals surface area contributed by atoms with E-state index in [1.165, 1.54) is 0 Å². The van der Waals surface area contributed by atoms with Crippen molar-refractivity contribution in [3.8, 4) is 5.75 Å². The number of carbonyl (C=O) groups is 1. The molecule has 0 bridgehead atoms. The van der Waals surface area contributed by atoms with E-state index in [2.05, 4.69) is 5.32 Å². The number of amides is 1. The highest BCUT2D eigenvalue weighted by Gasteiger charge is 2.21. The number of benzene rings is 2. The van der Waals surface area contributed by atoms with Gasteiger partial charge in [-0.1, -0.05) is 12.1 Å². The molecule has 0 aliphatic carbocycles. The third-order valence-electron chi connectivity index (χ3n) is 3.75. The van der Waals surface area contributed by atoms with E-state index >= 15 is 0 Å². The Balaban J connectivity index is 2.00. The topological polar surface area (TPSA) is 75.7 Å². The molecule has 2 aromatic rings. The molecule has 27 heavy (non-hydrogen) atoms. The Morgan fingerprint density at radius 3 is 2.52 bits per heavy atom. The predicted molar refractivity (Wildman–Crippen MR) is 98.3 cm³/mol. The summed E-state index contributed by atoms with van der Waals surface area (Å²) < 4.78 is 56.2. The SMILES string of the molecule is COc1cccc(CCNC(=O)CN(c2ccc(F)c(F)c2)S(C)(=O)=O)c1. The number of hydrogen-bond acceptors (Lipinski definition) is 4. The van der Waals surface area contributed by atoms with Crippen molar-refractivity contribution in [2.24, 2.45) is 0 Å². The van der Waals surface area contributed by atoms with Gasteiger partial charge in [0.2, 0.25) is 15.9 Å². The van der Waals surface area contributed by atoms with E-state index in [9.17, 15) is 22.0 Å². The molecule has 0 aliphatic heterocycles. The zero-order chi connectivity index (χ0) is 20.0. The van der Waals surface area contributed by atoms with Gasteiger partial charge in [0.05, 0.1) is 19.1 Å². The van der Waals surface area contributed by atoms with Gasteiger partial charge in [0, 0.05) is 12.6 Å². The first-order chi connectivity index (χ1) is 12.7. The Bertz CT molecular complexity index is 919. The molecule has 0 aromatic heterocycles. The molecule has 6 nitrogen and oxygen atoms in total. The first kappa shape index (κ1) is 20.6. The second kappa shape index (κ2) is 8.81. The van der Waals surface area contributed by atoms with Crippen LogP contribution in [-0.2, 0) is 21.2 Å². The maximum Gasteiger partial charge on any atom is 0.240 e. The van der Waals surface area contributed by atoms with Gasteiger partial charge in [0.15, 0.2) is 11.6 Å². The molecule has 2 aromatic carbocycles. The van der Waals surface area contributed by atoms with Crippen LogP contribution in [0.15, 0.2) is 42.5 Å². The quantitative estimate of drug-likeness (QED) is 0.739. The van der Waals surface area contributed by atoms with Gasteiger partial charge in [0.25, 0.3) is 0 Å². The van der Waals surface area contributed by atoms with Crippen molar-refractivity contribution in [1.29, 1.82) is 0 Å². The fraction of sp³-hybridized carbons (Fsp3) is 0.278. The van der Waals surface area contributed by atoms with Gasteiger partial charge >= 0.3 is 0 Å². The summed E-state index contributed by atoms with van der Waals surface area (Å²) in [6.45, 7) is -0.261. The van der Waals surface area contributed by atoms with Gasteiger partial charge in [-0.25, -0.2) is 17.2 Å². The Labute approximate surface area is 156 Å². The largest absolute Gasteiger partial charge is 0.497 e. The third-order valence-corrected chi connectivity index (χ3v) is 4.89. The van der Waals surface area contributed by atoms with Crippen molar-refractivity contribution in [3.63, 3.8) is 0 Å². The molecule has 0 spiro atoms. The summed E-state index contributed by atoms with van der Waals surface area (Å²) in [5.41, 5.74) is 0.814. The molecule has 146 valence electrons. The van der Waals surface area contributed by atoms with Crippen LogP contribution in [0.25, 0.3) is 0 Å². The molecule has 0 fully saturated rings. The summed E-state index contributed by atoms with van der Waals surface area (Å²) in [6, 6.07) is 9.97. The van der Waals surface area contributed by atoms with Crippen molar-refractivity contribution < 1.29 is 26.7 Å². The number of hydrogen-bond donors (Lipinski definition) is 1. The average Bonchev–Trinajstić information content (AvgIpc) is 2.61. The molecule has 0 heterocycles. The van der Waals surface area contributed by atoms with Crippen LogP contribution < -0.4 is 14.4 Å². The number of sulfonamides is 1. The maximum absolute atomic E-state index is 13.4. The van der Waals surface area contributed by atoms with Crippen LogP contribution in [0.5, 0.6) is 5.75 Å². The first-order valence-electron chi connectivity index (χ1n) is 8.03. The number of halogens is 2. The highest BCUT2D eigenvalue weighted by molar-refractivity contribution is 7.92. The van der Waals surface area contributed by atoms with Crippen LogP contribution in [0.3, 0.4) is 0 Å². The minimum Gasteiger partial charge on any atom is -0.497 e. The smallest absolute Gasteiger partial charge is 0.240 e. The second-order valence-electron chi connectivity index (χ2n) is 5.82. The first-order valence-corrected chi connectivity index (χ1v) is 9.88. The van der Waals surface area contributed by atoms with Crippen molar-refractivity contribution in [3.05, 3.63) is 59.7 Å². The summed E-state index contributed by atoms with van der Waals surface area (Å²) in [7, 11) is -2.31. The lowest BCUT2D eigenvalue weighted by Crippen LogP contribution is -2.41. The molecule has 0 unspecified atom stereocenters. The van der Waals surface area contributed by atoms with Crippen LogP contribution in [0.2, 0.25) is 0 Å². The number of nitrogens with zero attached hydrogens (tertiary/aromatic N) is 1. The lowest BCUT2D eigenvalue weighted by Gasteiger charge is -2.22. The van der Waals surface area contributed by atoms with E-state index < -0.39 is 34.1 Å². The van der Waals surface area contributed by atoms with Gasteiger partial charge in [-0.2, -0.15) is 0 Å². The molecule has 1 amide bonds. The van der Waals surface area contributed by atoms with E-state index in [1.807, 2.05) is 18.2 Å². The zero-order valence-corrected chi connectivity index (χ0v) is 15.7. The minimum absolute atomic E-state index is 0.126. The van der Waals surface area contributed by atoms with Crippen molar-refractivity contribution in [2.45, 2.75) is 6.42 Å². The van der Waals surface area contributed by atoms with Crippen molar-refractivity contribution in [1.82, 2.24) is 5.32 Å². The average molecular weight is 398 g/mol. The van der Waals surface area contributed by atoms with Crippen molar-refractivity contribution in [2.75, 3.05) is 30.8 Å². The number of nitrogens with one attached hydrogen (secondary N) is 1. The van der Waals surface area contributed by atoms with Gasteiger partial charge < -0.3 is 10.1 Å². The molecule has 0 saturated heterocycles. The summed E-state index contributed by atoms with van der Waals surface area (Å²) in [5.74, 6) is -2.16. The summed E-state index contributed by atoms with van der Waals surface area (Å²) in [6.07, 6.45) is 1.41. The molecule has 0 saturated carbocycles. The standard InChI is InChI=1S/C18H20F2N2O4S/c1-26-15-5-3-4-13(10-15)8-9-21-18(23)12-22(27(2,24)25)14-6-7-16(19)17(20)11-14/h3-7,10-11H,8-9,12H2,1-2H3,(H,21,23). The number of methoxy groups -OCH3 is 1. The van der Waals surface area contributed by atoms with Gasteiger partial charge in [-0.05, 0) is 36.2 Å².